The molecular weight excluding hydrogens is 805 g/mol. The summed E-state index contributed by atoms with van der Waals surface area (Å²) in [5.41, 5.74) is 0.992. The minimum atomic E-state index is -1.46. The van der Waals surface area contributed by atoms with E-state index in [2.05, 4.69) is 21.9 Å². The molecule has 0 atom stereocenters. The van der Waals surface area contributed by atoms with Gasteiger partial charge in [0.25, 0.3) is 11.8 Å². The number of phenols is 2. The molecule has 5 N–H and O–H groups in total. The van der Waals surface area contributed by atoms with E-state index in [1.165, 1.54) is 24.3 Å². The SMILES string of the molecule is C#CCC/C(OCC)=C(\C#N)C(=O)Nc1ccc(OCCCCCC(=O)NCCCCCCNC(=O)c2ccc3c(c2)C2(OC3=O)c3ccc(O)cc3Oc3cc(O)ccc32)cc1. The predicted octanol–water partition coefficient (Wildman–Crippen LogP) is 7.88. The van der Waals surface area contributed by atoms with Gasteiger partial charge >= 0.3 is 5.97 Å². The van der Waals surface area contributed by atoms with Gasteiger partial charge in [0.15, 0.2) is 11.2 Å². The van der Waals surface area contributed by atoms with Gasteiger partial charge in [0, 0.05) is 72.4 Å². The fourth-order valence-corrected chi connectivity index (χ4v) is 7.52. The number of rotatable bonds is 21. The molecule has 14 heteroatoms. The Labute approximate surface area is 366 Å². The number of carbonyl (C=O) groups is 4. The molecule has 0 aliphatic carbocycles. The maximum Gasteiger partial charge on any atom is 0.340 e. The molecule has 0 saturated heterocycles. The Kier molecular flexibility index (Phi) is 15.3. The Bertz CT molecular complexity index is 2400. The van der Waals surface area contributed by atoms with E-state index in [9.17, 15) is 34.7 Å². The first-order valence-corrected chi connectivity index (χ1v) is 21.1. The number of esters is 1. The first kappa shape index (κ1) is 45.1. The van der Waals surface area contributed by atoms with Crippen molar-refractivity contribution in [1.29, 1.82) is 5.26 Å². The summed E-state index contributed by atoms with van der Waals surface area (Å²) >= 11 is 0. The normalized spacial score (nSPS) is 13.1. The van der Waals surface area contributed by atoms with Crippen LogP contribution in [0.5, 0.6) is 28.7 Å². The van der Waals surface area contributed by atoms with Gasteiger partial charge in [0.05, 0.1) is 18.8 Å². The van der Waals surface area contributed by atoms with E-state index >= 15 is 0 Å². The number of phenolic OH excluding ortho intramolecular Hbond substituents is 2. The van der Waals surface area contributed by atoms with E-state index in [0.29, 0.717) is 84.8 Å². The molecule has 14 nitrogen and oxygen atoms in total. The zero-order valence-electron chi connectivity index (χ0n) is 35.1. The summed E-state index contributed by atoms with van der Waals surface area (Å²) in [5.74, 6) is 2.37. The van der Waals surface area contributed by atoms with E-state index in [4.69, 9.17) is 25.4 Å². The molecule has 0 unspecified atom stereocenters. The molecule has 326 valence electrons. The van der Waals surface area contributed by atoms with Gasteiger partial charge in [0.2, 0.25) is 5.91 Å². The summed E-state index contributed by atoms with van der Waals surface area (Å²) in [5, 5.41) is 38.5. The summed E-state index contributed by atoms with van der Waals surface area (Å²) in [7, 11) is 0. The number of terminal acetylenes is 1. The highest BCUT2D eigenvalue weighted by molar-refractivity contribution is 6.07. The molecule has 6 rings (SSSR count). The number of fused-ring (bicyclic) bond motifs is 6. The van der Waals surface area contributed by atoms with Gasteiger partial charge in [-0.1, -0.05) is 12.8 Å². The van der Waals surface area contributed by atoms with Crippen molar-refractivity contribution in [1.82, 2.24) is 10.6 Å². The highest BCUT2D eigenvalue weighted by Gasteiger charge is 2.54. The second-order valence-electron chi connectivity index (χ2n) is 15.0. The number of benzene rings is 4. The van der Waals surface area contributed by atoms with Crippen LogP contribution in [0.3, 0.4) is 0 Å². The van der Waals surface area contributed by atoms with Crippen molar-refractivity contribution >= 4 is 29.4 Å². The standard InChI is InChI=1S/C49H50N4O10/c1-3-5-13-42(60-4-2)38(31-50)47(58)53-33-16-20-36(21-17-33)61-27-12-8-9-14-45(56)51-25-10-6-7-11-26-52-46(57)32-15-22-37-41(28-32)49(63-48(37)59)39-23-18-34(54)29-43(39)62-44-30-35(55)19-24-40(44)49/h1,15-24,28-30,54-55H,4-14,25-27H2,2H3,(H,51,56)(H,52,57)(H,53,58)/b42-38-. The van der Waals surface area contributed by atoms with Crippen LogP contribution in [0.1, 0.15) is 109 Å². The summed E-state index contributed by atoms with van der Waals surface area (Å²) in [6.45, 7) is 3.58. The molecule has 4 aromatic rings. The lowest BCUT2D eigenvalue weighted by Gasteiger charge is -2.36. The van der Waals surface area contributed by atoms with Gasteiger partial charge in [-0.25, -0.2) is 4.79 Å². The number of nitrogens with one attached hydrogen (secondary N) is 3. The predicted molar refractivity (Wildman–Crippen MR) is 233 cm³/mol. The fraction of sp³-hybridized carbons (Fsp3) is 0.327. The number of hydrogen-bond acceptors (Lipinski definition) is 11. The average molecular weight is 855 g/mol. The van der Waals surface area contributed by atoms with Gasteiger partial charge < -0.3 is 45.1 Å². The first-order chi connectivity index (χ1) is 30.6. The van der Waals surface area contributed by atoms with Gasteiger partial charge in [-0.3, -0.25) is 14.4 Å². The molecule has 0 radical (unpaired) electrons. The minimum Gasteiger partial charge on any atom is -0.508 e. The average Bonchev–Trinajstić information content (AvgIpc) is 3.56. The number of nitriles is 1. The number of amides is 3. The van der Waals surface area contributed by atoms with Gasteiger partial charge in [0.1, 0.15) is 40.6 Å². The lowest BCUT2D eigenvalue weighted by molar-refractivity contribution is -0.121. The largest absolute Gasteiger partial charge is 0.508 e. The van der Waals surface area contributed by atoms with Crippen LogP contribution in [0.15, 0.2) is 90.2 Å². The zero-order valence-corrected chi connectivity index (χ0v) is 35.1. The van der Waals surface area contributed by atoms with Crippen molar-refractivity contribution in [2.75, 3.05) is 31.6 Å². The molecule has 1 spiro atoms. The number of allylic oxidation sites excluding steroid dienone is 1. The van der Waals surface area contributed by atoms with Crippen molar-refractivity contribution in [3.05, 3.63) is 118 Å². The Morgan fingerprint density at radius 2 is 1.46 bits per heavy atom. The molecule has 0 saturated carbocycles. The van der Waals surface area contributed by atoms with Crippen LogP contribution in [-0.4, -0.2) is 60.2 Å². The number of anilines is 1. The molecule has 2 aliphatic heterocycles. The molecule has 0 aromatic heterocycles. The van der Waals surface area contributed by atoms with Crippen molar-refractivity contribution in [3.8, 4) is 47.2 Å². The highest BCUT2D eigenvalue weighted by Crippen LogP contribution is 2.57. The molecule has 4 aromatic carbocycles. The zero-order chi connectivity index (χ0) is 44.8. The third kappa shape index (κ3) is 10.9. The Morgan fingerprint density at radius 1 is 0.794 bits per heavy atom. The number of carbonyl (C=O) groups excluding carboxylic acids is 4. The van der Waals surface area contributed by atoms with E-state index in [-0.39, 0.29) is 46.1 Å². The topological polar surface area (TPSA) is 206 Å². The third-order valence-electron chi connectivity index (χ3n) is 10.6. The van der Waals surface area contributed by atoms with Crippen LogP contribution < -0.4 is 25.4 Å². The van der Waals surface area contributed by atoms with Crippen molar-refractivity contribution in [2.24, 2.45) is 0 Å². The Morgan fingerprint density at radius 3 is 2.11 bits per heavy atom. The van der Waals surface area contributed by atoms with Gasteiger partial charge in [-0.05, 0) is 106 Å². The molecular formula is C49H50N4O10. The summed E-state index contributed by atoms with van der Waals surface area (Å²) in [4.78, 5) is 51.6. The third-order valence-corrected chi connectivity index (χ3v) is 10.6. The second kappa shape index (κ2) is 21.4. The van der Waals surface area contributed by atoms with E-state index < -0.39 is 17.5 Å². The highest BCUT2D eigenvalue weighted by atomic mass is 16.6. The van der Waals surface area contributed by atoms with Crippen molar-refractivity contribution in [2.45, 2.75) is 76.7 Å². The van der Waals surface area contributed by atoms with Crippen LogP contribution in [0.25, 0.3) is 0 Å². The minimum absolute atomic E-state index is 0.00638. The number of hydrogen-bond donors (Lipinski definition) is 5. The first-order valence-electron chi connectivity index (χ1n) is 21.1. The van der Waals surface area contributed by atoms with Crippen molar-refractivity contribution < 1.29 is 48.3 Å². The fourth-order valence-electron chi connectivity index (χ4n) is 7.52. The van der Waals surface area contributed by atoms with E-state index in [1.807, 2.05) is 6.07 Å². The lowest BCUT2D eigenvalue weighted by atomic mass is 9.77. The Balaban J connectivity index is 0.850. The summed E-state index contributed by atoms with van der Waals surface area (Å²) in [6, 6.07) is 22.6. The quantitative estimate of drug-likeness (QED) is 0.0136. The number of ether oxygens (including phenoxy) is 4. The smallest absolute Gasteiger partial charge is 0.340 e. The molecule has 63 heavy (non-hydrogen) atoms. The van der Waals surface area contributed by atoms with Crippen LogP contribution in [-0.2, 0) is 24.7 Å². The molecule has 3 amide bonds. The van der Waals surface area contributed by atoms with Crippen LogP contribution in [0, 0.1) is 23.7 Å². The lowest BCUT2D eigenvalue weighted by Crippen LogP contribution is -2.33. The molecule has 2 aliphatic rings. The van der Waals surface area contributed by atoms with Crippen LogP contribution >= 0.6 is 0 Å². The van der Waals surface area contributed by atoms with Crippen LogP contribution in [0.2, 0.25) is 0 Å². The van der Waals surface area contributed by atoms with Gasteiger partial charge in [-0.15, -0.1) is 12.3 Å². The number of unbranched alkanes of at least 4 members (excludes halogenated alkanes) is 5. The van der Waals surface area contributed by atoms with Crippen LogP contribution in [0.4, 0.5) is 5.69 Å². The Hall–Kier alpha value is -7.45. The summed E-state index contributed by atoms with van der Waals surface area (Å²) < 4.78 is 23.4. The second-order valence-corrected chi connectivity index (χ2v) is 15.0. The van der Waals surface area contributed by atoms with Crippen molar-refractivity contribution in [3.63, 3.8) is 0 Å². The molecule has 2 heterocycles. The molecule has 0 fully saturated rings. The maximum absolute atomic E-state index is 13.3. The number of aromatic hydroxyl groups is 2. The van der Waals surface area contributed by atoms with Gasteiger partial charge in [-0.2, -0.15) is 5.26 Å². The monoisotopic (exact) mass is 854 g/mol. The van der Waals surface area contributed by atoms with E-state index in [1.54, 1.807) is 61.5 Å². The summed E-state index contributed by atoms with van der Waals surface area (Å²) in [6.07, 6.45) is 12.0. The maximum atomic E-state index is 13.3. The van der Waals surface area contributed by atoms with E-state index in [0.717, 1.165) is 44.9 Å². The number of nitrogens with zero attached hydrogens (tertiary/aromatic N) is 1. The molecule has 0 bridgehead atoms.